The highest BCUT2D eigenvalue weighted by molar-refractivity contribution is 5.93. The molecule has 2 N–H and O–H groups in total. The van der Waals surface area contributed by atoms with Crippen molar-refractivity contribution in [2.45, 2.75) is 70.1 Å². The van der Waals surface area contributed by atoms with Gasteiger partial charge in [-0.25, -0.2) is 4.79 Å². The third-order valence-corrected chi connectivity index (χ3v) is 5.73. The van der Waals surface area contributed by atoms with Crippen LogP contribution in [0.25, 0.3) is 0 Å². The number of nitrogens with one attached hydrogen (secondary N) is 1. The van der Waals surface area contributed by atoms with Crippen molar-refractivity contribution in [1.29, 1.82) is 0 Å². The van der Waals surface area contributed by atoms with Gasteiger partial charge in [0.05, 0.1) is 23.0 Å². The Hall–Kier alpha value is -1.75. The number of urea groups is 1. The average Bonchev–Trinajstić information content (AvgIpc) is 3.25. The van der Waals surface area contributed by atoms with Crippen LogP contribution in [0.2, 0.25) is 0 Å². The molecule has 0 bridgehead atoms. The van der Waals surface area contributed by atoms with Gasteiger partial charge in [-0.15, -0.1) is 0 Å². The lowest BCUT2D eigenvalue weighted by Gasteiger charge is -2.34. The summed E-state index contributed by atoms with van der Waals surface area (Å²) < 4.78 is 0. The molecule has 0 aromatic heterocycles. The molecule has 3 rings (SSSR count). The third-order valence-electron chi connectivity index (χ3n) is 5.73. The maximum Gasteiger partial charge on any atom is 0.322 e. The molecule has 1 saturated heterocycles. The van der Waals surface area contributed by atoms with Crippen molar-refractivity contribution in [3.05, 3.63) is 24.3 Å². The van der Waals surface area contributed by atoms with E-state index in [0.29, 0.717) is 12.6 Å². The lowest BCUT2D eigenvalue weighted by atomic mass is 9.97. The Balaban J connectivity index is 1.75. The fourth-order valence-electron chi connectivity index (χ4n) is 4.31. The lowest BCUT2D eigenvalue weighted by molar-refractivity contribution is 0.0117. The normalized spacial score (nSPS) is 21.6. The number of amides is 2. The van der Waals surface area contributed by atoms with E-state index in [4.69, 9.17) is 0 Å². The molecular weight excluding hydrogens is 314 g/mol. The SMILES string of the molecule is CN(c1ccccc1NC(=O)N1CCCC1C(C)(C)O)C1CCCC1. The van der Waals surface area contributed by atoms with E-state index >= 15 is 0 Å². The first-order chi connectivity index (χ1) is 11.9. The molecule has 2 fully saturated rings. The van der Waals surface area contributed by atoms with E-state index in [9.17, 15) is 9.90 Å². The monoisotopic (exact) mass is 345 g/mol. The standard InChI is InChI=1S/C20H31N3O2/c1-20(2,25)18-13-8-14-23(18)19(24)21-16-11-6-7-12-17(16)22(3)15-9-4-5-10-15/h6-7,11-12,15,18,25H,4-5,8-10,13-14H2,1-3H3,(H,21,24). The molecular formula is C20H31N3O2. The molecule has 1 aliphatic heterocycles. The number of hydrogen-bond donors (Lipinski definition) is 2. The molecule has 2 aliphatic rings. The maximum absolute atomic E-state index is 12.9. The van der Waals surface area contributed by atoms with Gasteiger partial charge in [0.1, 0.15) is 0 Å². The number of aliphatic hydroxyl groups is 1. The van der Waals surface area contributed by atoms with Gasteiger partial charge >= 0.3 is 6.03 Å². The second kappa shape index (κ2) is 7.24. The zero-order valence-electron chi connectivity index (χ0n) is 15.7. The number of carbonyl (C=O) groups excluding carboxylic acids is 1. The summed E-state index contributed by atoms with van der Waals surface area (Å²) in [4.78, 5) is 16.9. The van der Waals surface area contributed by atoms with Crippen molar-refractivity contribution >= 4 is 17.4 Å². The fraction of sp³-hybridized carbons (Fsp3) is 0.650. The van der Waals surface area contributed by atoms with Gasteiger partial charge in [-0.3, -0.25) is 0 Å². The minimum absolute atomic E-state index is 0.114. The Morgan fingerprint density at radius 3 is 2.56 bits per heavy atom. The molecule has 138 valence electrons. The van der Waals surface area contributed by atoms with Gasteiger partial charge < -0.3 is 20.2 Å². The first-order valence-corrected chi connectivity index (χ1v) is 9.50. The van der Waals surface area contributed by atoms with Crippen LogP contribution in [-0.4, -0.2) is 47.3 Å². The molecule has 0 spiro atoms. The van der Waals surface area contributed by atoms with Gasteiger partial charge in [0, 0.05) is 19.6 Å². The molecule has 0 radical (unpaired) electrons. The van der Waals surface area contributed by atoms with Crippen LogP contribution in [0, 0.1) is 0 Å². The van der Waals surface area contributed by atoms with Crippen molar-refractivity contribution in [1.82, 2.24) is 4.90 Å². The van der Waals surface area contributed by atoms with E-state index in [0.717, 1.165) is 24.2 Å². The number of hydrogen-bond acceptors (Lipinski definition) is 3. The first-order valence-electron chi connectivity index (χ1n) is 9.50. The minimum atomic E-state index is -0.881. The summed E-state index contributed by atoms with van der Waals surface area (Å²) in [5.41, 5.74) is 1.04. The summed E-state index contributed by atoms with van der Waals surface area (Å²) in [6, 6.07) is 8.32. The van der Waals surface area contributed by atoms with Crippen molar-refractivity contribution in [3.8, 4) is 0 Å². The van der Waals surface area contributed by atoms with Gasteiger partial charge in [-0.1, -0.05) is 25.0 Å². The van der Waals surface area contributed by atoms with E-state index in [1.807, 2.05) is 18.2 Å². The lowest BCUT2D eigenvalue weighted by Crippen LogP contribution is -2.49. The largest absolute Gasteiger partial charge is 0.388 e. The van der Waals surface area contributed by atoms with Crippen LogP contribution in [0.1, 0.15) is 52.4 Å². The van der Waals surface area contributed by atoms with Crippen molar-refractivity contribution in [2.24, 2.45) is 0 Å². The molecule has 1 unspecified atom stereocenters. The average molecular weight is 345 g/mol. The molecule has 1 saturated carbocycles. The van der Waals surface area contributed by atoms with Gasteiger partial charge in [-0.2, -0.15) is 0 Å². The van der Waals surface area contributed by atoms with E-state index < -0.39 is 5.60 Å². The van der Waals surface area contributed by atoms with E-state index in [-0.39, 0.29) is 12.1 Å². The molecule has 1 aromatic carbocycles. The smallest absolute Gasteiger partial charge is 0.322 e. The molecule has 1 heterocycles. The summed E-state index contributed by atoms with van der Waals surface area (Å²) in [5.74, 6) is 0. The molecule has 1 aliphatic carbocycles. The van der Waals surface area contributed by atoms with Crippen LogP contribution in [0.5, 0.6) is 0 Å². The maximum atomic E-state index is 12.9. The van der Waals surface area contributed by atoms with Crippen LogP contribution in [0.15, 0.2) is 24.3 Å². The quantitative estimate of drug-likeness (QED) is 0.872. The highest BCUT2D eigenvalue weighted by Crippen LogP contribution is 2.33. The Morgan fingerprint density at radius 2 is 1.88 bits per heavy atom. The number of rotatable bonds is 4. The zero-order chi connectivity index (χ0) is 18.0. The Morgan fingerprint density at radius 1 is 1.20 bits per heavy atom. The van der Waals surface area contributed by atoms with Crippen LogP contribution < -0.4 is 10.2 Å². The molecule has 2 amide bonds. The number of carbonyl (C=O) groups is 1. The van der Waals surface area contributed by atoms with Crippen LogP contribution in [0.4, 0.5) is 16.2 Å². The Labute approximate surface area is 151 Å². The highest BCUT2D eigenvalue weighted by atomic mass is 16.3. The van der Waals surface area contributed by atoms with Crippen LogP contribution in [-0.2, 0) is 0 Å². The second-order valence-electron chi connectivity index (χ2n) is 8.00. The first kappa shape index (κ1) is 18.1. The van der Waals surface area contributed by atoms with E-state index in [1.54, 1.807) is 18.7 Å². The molecule has 5 nitrogen and oxygen atoms in total. The van der Waals surface area contributed by atoms with Crippen molar-refractivity contribution in [2.75, 3.05) is 23.8 Å². The second-order valence-corrected chi connectivity index (χ2v) is 8.00. The Bertz CT molecular complexity index is 605. The van der Waals surface area contributed by atoms with Crippen molar-refractivity contribution in [3.63, 3.8) is 0 Å². The fourth-order valence-corrected chi connectivity index (χ4v) is 4.31. The summed E-state index contributed by atoms with van der Waals surface area (Å²) in [6.07, 6.45) is 6.78. The number of anilines is 2. The molecule has 1 aromatic rings. The Kier molecular flexibility index (Phi) is 5.23. The number of nitrogens with zero attached hydrogens (tertiary/aromatic N) is 2. The predicted octanol–water partition coefficient (Wildman–Crippen LogP) is 3.83. The molecule has 5 heteroatoms. The topological polar surface area (TPSA) is 55.8 Å². The summed E-state index contributed by atoms with van der Waals surface area (Å²) in [7, 11) is 2.12. The van der Waals surface area contributed by atoms with Gasteiger partial charge in [0.15, 0.2) is 0 Å². The van der Waals surface area contributed by atoms with Crippen LogP contribution >= 0.6 is 0 Å². The van der Waals surface area contributed by atoms with Gasteiger partial charge in [0.25, 0.3) is 0 Å². The summed E-state index contributed by atoms with van der Waals surface area (Å²) in [5, 5.41) is 13.5. The summed E-state index contributed by atoms with van der Waals surface area (Å²) >= 11 is 0. The molecule has 25 heavy (non-hydrogen) atoms. The van der Waals surface area contributed by atoms with Crippen LogP contribution in [0.3, 0.4) is 0 Å². The summed E-state index contributed by atoms with van der Waals surface area (Å²) in [6.45, 7) is 4.26. The third kappa shape index (κ3) is 3.92. The van der Waals surface area contributed by atoms with Crippen molar-refractivity contribution < 1.29 is 9.90 Å². The van der Waals surface area contributed by atoms with Gasteiger partial charge in [0.2, 0.25) is 0 Å². The van der Waals surface area contributed by atoms with Gasteiger partial charge in [-0.05, 0) is 51.7 Å². The number of likely N-dealkylation sites (tertiary alicyclic amines) is 1. The van der Waals surface area contributed by atoms with E-state index in [2.05, 4.69) is 23.3 Å². The number of para-hydroxylation sites is 2. The minimum Gasteiger partial charge on any atom is -0.388 e. The zero-order valence-corrected chi connectivity index (χ0v) is 15.7. The highest BCUT2D eigenvalue weighted by Gasteiger charge is 2.38. The number of benzene rings is 1. The van der Waals surface area contributed by atoms with E-state index in [1.165, 1.54) is 25.7 Å². The molecule has 1 atom stereocenters. The predicted molar refractivity (Wildman–Crippen MR) is 102 cm³/mol.